The number of likely N-dealkylation sites (N-methyl/N-ethyl adjacent to an activating group) is 1. The molecule has 230 valence electrons. The van der Waals surface area contributed by atoms with Crippen molar-refractivity contribution >= 4 is 28.7 Å². The number of nitrogens with one attached hydrogen (secondary N) is 2. The summed E-state index contributed by atoms with van der Waals surface area (Å²) in [5.41, 5.74) is 2.57. The second-order valence-corrected chi connectivity index (χ2v) is 13.3. The van der Waals surface area contributed by atoms with Crippen LogP contribution in [0.4, 0.5) is 10.6 Å². The number of hydrogen-bond acceptors (Lipinski definition) is 7. The second kappa shape index (κ2) is 13.3. The van der Waals surface area contributed by atoms with Crippen molar-refractivity contribution in [1.82, 2.24) is 25.5 Å². The molecule has 1 aliphatic heterocycles. The van der Waals surface area contributed by atoms with Gasteiger partial charge < -0.3 is 25.2 Å². The number of pyridine rings is 2. The highest BCUT2D eigenvalue weighted by atomic mass is 16.6. The fourth-order valence-electron chi connectivity index (χ4n) is 6.12. The van der Waals surface area contributed by atoms with Crippen LogP contribution in [0.3, 0.4) is 0 Å². The molecule has 0 spiro atoms. The summed E-state index contributed by atoms with van der Waals surface area (Å²) >= 11 is 0. The van der Waals surface area contributed by atoms with Crippen molar-refractivity contribution < 1.29 is 14.3 Å². The molecule has 3 heterocycles. The van der Waals surface area contributed by atoms with Crippen LogP contribution in [0.1, 0.15) is 63.2 Å². The van der Waals surface area contributed by atoms with Gasteiger partial charge in [-0.25, -0.2) is 14.8 Å². The van der Waals surface area contributed by atoms with Gasteiger partial charge in [0.25, 0.3) is 5.91 Å². The maximum absolute atomic E-state index is 13.5. The normalized spacial score (nSPS) is 20.8. The summed E-state index contributed by atoms with van der Waals surface area (Å²) in [5.74, 6) is 1.75. The van der Waals surface area contributed by atoms with Crippen molar-refractivity contribution in [2.45, 2.75) is 64.5 Å². The molecule has 1 aliphatic carbocycles. The SMILES string of the molecule is CN(C)[C@H]1CCN(c2ccc(-c3cc(C(=O)NCC4CCC(CNC(=O)OC(C)(C)C)CC4)c4ccccc4n3)cn2)C1. The average molecular weight is 587 g/mol. The van der Waals surface area contributed by atoms with E-state index in [2.05, 4.69) is 46.7 Å². The molecular weight excluding hydrogens is 540 g/mol. The van der Waals surface area contributed by atoms with Crippen LogP contribution in [0.2, 0.25) is 0 Å². The van der Waals surface area contributed by atoms with Crippen molar-refractivity contribution in [3.8, 4) is 11.3 Å². The molecule has 9 nitrogen and oxygen atoms in total. The van der Waals surface area contributed by atoms with Crippen LogP contribution in [0, 0.1) is 11.8 Å². The first-order chi connectivity index (χ1) is 20.6. The Labute approximate surface area is 255 Å². The van der Waals surface area contributed by atoms with Crippen LogP contribution in [-0.4, -0.2) is 78.8 Å². The van der Waals surface area contributed by atoms with E-state index in [0.717, 1.165) is 73.2 Å². The number of ether oxygens (including phenoxy) is 1. The highest BCUT2D eigenvalue weighted by Gasteiger charge is 2.26. The lowest BCUT2D eigenvalue weighted by Crippen LogP contribution is -2.37. The third kappa shape index (κ3) is 8.02. The molecular formula is C34H46N6O3. The maximum atomic E-state index is 13.5. The number of anilines is 1. The van der Waals surface area contributed by atoms with E-state index in [1.807, 2.05) is 57.3 Å². The lowest BCUT2D eigenvalue weighted by atomic mass is 9.82. The number of aromatic nitrogens is 2. The molecule has 1 aromatic carbocycles. The smallest absolute Gasteiger partial charge is 0.407 e. The van der Waals surface area contributed by atoms with E-state index in [1.165, 1.54) is 0 Å². The Morgan fingerprint density at radius 2 is 1.67 bits per heavy atom. The maximum Gasteiger partial charge on any atom is 0.407 e. The molecule has 9 heteroatoms. The minimum atomic E-state index is -0.494. The number of carbonyl (C=O) groups excluding carboxylic acids is 2. The lowest BCUT2D eigenvalue weighted by Gasteiger charge is -2.29. The standard InChI is InChI=1S/C34H46N6O3/c1-34(2,3)43-33(42)37-20-24-12-10-23(11-13-24)19-36-32(41)28-18-30(38-29-9-7-6-8-27(28)29)25-14-15-31(35-21-25)40-17-16-26(22-40)39(4)5/h6-9,14-15,18,21,23-24,26H,10-13,16-17,19-20,22H2,1-5H3,(H,36,41)(H,37,42)/t23?,24?,26-/m0/s1. The van der Waals surface area contributed by atoms with Crippen LogP contribution in [-0.2, 0) is 4.74 Å². The molecule has 5 rings (SSSR count). The topological polar surface area (TPSA) is 99.7 Å². The Bertz CT molecular complexity index is 1410. The summed E-state index contributed by atoms with van der Waals surface area (Å²) in [6.45, 7) is 8.84. The zero-order valence-electron chi connectivity index (χ0n) is 26.2. The van der Waals surface area contributed by atoms with Crippen molar-refractivity contribution in [2.24, 2.45) is 11.8 Å². The molecule has 2 N–H and O–H groups in total. The third-order valence-corrected chi connectivity index (χ3v) is 8.67. The summed E-state index contributed by atoms with van der Waals surface area (Å²) < 4.78 is 5.35. The van der Waals surface area contributed by atoms with Gasteiger partial charge in [-0.1, -0.05) is 18.2 Å². The van der Waals surface area contributed by atoms with Gasteiger partial charge in [-0.3, -0.25) is 4.79 Å². The summed E-state index contributed by atoms with van der Waals surface area (Å²) in [7, 11) is 4.26. The van der Waals surface area contributed by atoms with Gasteiger partial charge in [-0.15, -0.1) is 0 Å². The van der Waals surface area contributed by atoms with Gasteiger partial charge in [-0.2, -0.15) is 0 Å². The molecule has 1 atom stereocenters. The van der Waals surface area contributed by atoms with E-state index in [-0.39, 0.29) is 12.0 Å². The van der Waals surface area contributed by atoms with Crippen molar-refractivity contribution in [1.29, 1.82) is 0 Å². The molecule has 0 radical (unpaired) electrons. The molecule has 0 bridgehead atoms. The fourth-order valence-corrected chi connectivity index (χ4v) is 6.12. The van der Waals surface area contributed by atoms with E-state index in [4.69, 9.17) is 14.7 Å². The van der Waals surface area contributed by atoms with Crippen LogP contribution in [0.5, 0.6) is 0 Å². The molecule has 2 aliphatic rings. The van der Waals surface area contributed by atoms with Gasteiger partial charge in [0.1, 0.15) is 11.4 Å². The van der Waals surface area contributed by atoms with Crippen molar-refractivity contribution in [3.63, 3.8) is 0 Å². The Morgan fingerprint density at radius 1 is 0.977 bits per heavy atom. The summed E-state index contributed by atoms with van der Waals surface area (Å²) in [6.07, 6.45) is 6.73. The van der Waals surface area contributed by atoms with Crippen molar-refractivity contribution in [2.75, 3.05) is 45.2 Å². The van der Waals surface area contributed by atoms with Gasteiger partial charge in [0.2, 0.25) is 0 Å². The van der Waals surface area contributed by atoms with Gasteiger partial charge in [0, 0.05) is 49.4 Å². The average Bonchev–Trinajstić information content (AvgIpc) is 3.49. The molecule has 43 heavy (non-hydrogen) atoms. The largest absolute Gasteiger partial charge is 0.444 e. The number of fused-ring (bicyclic) bond motifs is 1. The highest BCUT2D eigenvalue weighted by molar-refractivity contribution is 6.07. The van der Waals surface area contributed by atoms with E-state index in [1.54, 1.807) is 0 Å². The Kier molecular flexibility index (Phi) is 9.49. The predicted molar refractivity (Wildman–Crippen MR) is 171 cm³/mol. The number of alkyl carbamates (subject to hydrolysis) is 1. The molecule has 2 aromatic heterocycles. The van der Waals surface area contributed by atoms with Crippen LogP contribution < -0.4 is 15.5 Å². The van der Waals surface area contributed by atoms with Crippen molar-refractivity contribution in [3.05, 3.63) is 54.2 Å². The Morgan fingerprint density at radius 3 is 2.30 bits per heavy atom. The number of para-hydroxylation sites is 1. The molecule has 1 saturated carbocycles. The Balaban J connectivity index is 1.19. The van der Waals surface area contributed by atoms with Gasteiger partial charge in [0.05, 0.1) is 16.8 Å². The van der Waals surface area contributed by atoms with Crippen LogP contribution in [0.25, 0.3) is 22.2 Å². The first kappa shape index (κ1) is 30.7. The monoisotopic (exact) mass is 586 g/mol. The van der Waals surface area contributed by atoms with E-state index in [0.29, 0.717) is 36.5 Å². The van der Waals surface area contributed by atoms with Crippen LogP contribution in [0.15, 0.2) is 48.7 Å². The molecule has 2 fully saturated rings. The van der Waals surface area contributed by atoms with Gasteiger partial charge >= 0.3 is 6.09 Å². The number of rotatable bonds is 8. The number of benzene rings is 1. The lowest BCUT2D eigenvalue weighted by molar-refractivity contribution is 0.0512. The Hall–Kier alpha value is -3.72. The van der Waals surface area contributed by atoms with E-state index < -0.39 is 5.60 Å². The molecule has 2 amide bonds. The van der Waals surface area contributed by atoms with E-state index >= 15 is 0 Å². The first-order valence-electron chi connectivity index (χ1n) is 15.6. The van der Waals surface area contributed by atoms with E-state index in [9.17, 15) is 9.59 Å². The second-order valence-electron chi connectivity index (χ2n) is 13.3. The molecule has 1 saturated heterocycles. The summed E-state index contributed by atoms with van der Waals surface area (Å²) in [5, 5.41) is 6.96. The predicted octanol–water partition coefficient (Wildman–Crippen LogP) is 5.50. The number of amides is 2. The summed E-state index contributed by atoms with van der Waals surface area (Å²) in [4.78, 5) is 39.8. The third-order valence-electron chi connectivity index (χ3n) is 8.67. The minimum Gasteiger partial charge on any atom is -0.444 e. The number of nitrogens with zero attached hydrogens (tertiary/aromatic N) is 4. The molecule has 3 aromatic rings. The number of hydrogen-bond donors (Lipinski definition) is 2. The first-order valence-corrected chi connectivity index (χ1v) is 15.6. The van der Waals surface area contributed by atoms with Crippen LogP contribution >= 0.6 is 0 Å². The van der Waals surface area contributed by atoms with Gasteiger partial charge in [-0.05, 0) is 103 Å². The number of carbonyl (C=O) groups is 2. The highest BCUT2D eigenvalue weighted by Crippen LogP contribution is 2.29. The zero-order chi connectivity index (χ0) is 30.6. The zero-order valence-corrected chi connectivity index (χ0v) is 26.2. The molecule has 0 unspecified atom stereocenters. The quantitative estimate of drug-likeness (QED) is 0.360. The van der Waals surface area contributed by atoms with Gasteiger partial charge in [0.15, 0.2) is 0 Å². The fraction of sp³-hybridized carbons (Fsp3) is 0.529. The summed E-state index contributed by atoms with van der Waals surface area (Å²) in [6, 6.07) is 14.4. The minimum absolute atomic E-state index is 0.0788.